The Morgan fingerprint density at radius 2 is 1.89 bits per heavy atom. The summed E-state index contributed by atoms with van der Waals surface area (Å²) >= 11 is 1.41. The van der Waals surface area contributed by atoms with E-state index in [2.05, 4.69) is 35.9 Å². The van der Waals surface area contributed by atoms with Gasteiger partial charge in [0.1, 0.15) is 16.6 Å². The molecule has 2 unspecified atom stereocenters. The molecule has 1 aliphatic heterocycles. The van der Waals surface area contributed by atoms with Crippen LogP contribution in [0.5, 0.6) is 11.8 Å². The maximum atomic E-state index is 13.5. The lowest BCUT2D eigenvalue weighted by Gasteiger charge is -2.23. The van der Waals surface area contributed by atoms with E-state index in [4.69, 9.17) is 9.47 Å². The number of carbonyl (C=O) groups is 2. The van der Waals surface area contributed by atoms with Gasteiger partial charge in [-0.05, 0) is 43.3 Å². The molecule has 5 rings (SSSR count). The zero-order chi connectivity index (χ0) is 26.3. The van der Waals surface area contributed by atoms with Gasteiger partial charge in [-0.15, -0.1) is 11.3 Å². The number of rotatable bonds is 9. The van der Waals surface area contributed by atoms with Crippen LogP contribution in [0.1, 0.15) is 16.8 Å². The zero-order valence-electron chi connectivity index (χ0n) is 20.5. The number of carbonyl (C=O) groups excluding carboxylic acids is 2. The highest BCUT2D eigenvalue weighted by Gasteiger charge is 2.35. The molecule has 1 saturated heterocycles. The SMILES string of the molecule is COc1ncccc1C(=O)C(Oc1cccc(NC(=O)Nc2csc(-c3ccncc3)n2)n1)C1CCNC1. The van der Waals surface area contributed by atoms with Gasteiger partial charge < -0.3 is 14.8 Å². The fourth-order valence-electron chi connectivity index (χ4n) is 4.10. The summed E-state index contributed by atoms with van der Waals surface area (Å²) in [7, 11) is 1.47. The minimum absolute atomic E-state index is 0.0617. The first-order valence-corrected chi connectivity index (χ1v) is 12.8. The number of pyridine rings is 3. The van der Waals surface area contributed by atoms with Crippen LogP contribution in [0.15, 0.2) is 66.4 Å². The number of thiazole rings is 1. The van der Waals surface area contributed by atoms with Gasteiger partial charge in [0.2, 0.25) is 17.5 Å². The molecule has 5 heterocycles. The highest BCUT2D eigenvalue weighted by Crippen LogP contribution is 2.27. The Morgan fingerprint density at radius 3 is 2.68 bits per heavy atom. The van der Waals surface area contributed by atoms with Crippen molar-refractivity contribution in [3.63, 3.8) is 0 Å². The number of hydrogen-bond acceptors (Lipinski definition) is 10. The monoisotopic (exact) mass is 531 g/mol. The third kappa shape index (κ3) is 5.93. The van der Waals surface area contributed by atoms with E-state index in [1.165, 1.54) is 18.4 Å². The molecular weight excluding hydrogens is 506 g/mol. The Kier molecular flexibility index (Phi) is 7.81. The van der Waals surface area contributed by atoms with Crippen LogP contribution in [0.3, 0.4) is 0 Å². The molecule has 2 atom stereocenters. The molecule has 1 fully saturated rings. The van der Waals surface area contributed by atoms with Crippen molar-refractivity contribution in [3.05, 3.63) is 72.0 Å². The Bertz CT molecular complexity index is 1410. The van der Waals surface area contributed by atoms with Gasteiger partial charge in [0, 0.05) is 48.1 Å². The number of ether oxygens (including phenoxy) is 2. The average Bonchev–Trinajstić information content (AvgIpc) is 3.65. The summed E-state index contributed by atoms with van der Waals surface area (Å²) in [6, 6.07) is 11.5. The van der Waals surface area contributed by atoms with Crippen LogP contribution in [0.25, 0.3) is 10.6 Å². The van der Waals surface area contributed by atoms with E-state index in [0.29, 0.717) is 17.9 Å². The summed E-state index contributed by atoms with van der Waals surface area (Å²) in [6.45, 7) is 1.42. The number of nitrogens with zero attached hydrogens (tertiary/aromatic N) is 4. The lowest BCUT2D eigenvalue weighted by molar-refractivity contribution is 0.0679. The summed E-state index contributed by atoms with van der Waals surface area (Å²) in [6.07, 6.45) is 4.91. The molecule has 0 bridgehead atoms. The van der Waals surface area contributed by atoms with Gasteiger partial charge in [0.25, 0.3) is 0 Å². The van der Waals surface area contributed by atoms with E-state index in [-0.39, 0.29) is 29.3 Å². The van der Waals surface area contributed by atoms with E-state index < -0.39 is 12.1 Å². The van der Waals surface area contributed by atoms with Crippen LogP contribution in [0.2, 0.25) is 0 Å². The highest BCUT2D eigenvalue weighted by atomic mass is 32.1. The second-order valence-corrected chi connectivity index (χ2v) is 9.29. The van der Waals surface area contributed by atoms with E-state index >= 15 is 0 Å². The van der Waals surface area contributed by atoms with E-state index in [0.717, 1.165) is 23.5 Å². The molecule has 1 aliphatic rings. The van der Waals surface area contributed by atoms with Gasteiger partial charge in [-0.3, -0.25) is 20.4 Å². The quantitative estimate of drug-likeness (QED) is 0.274. The standard InChI is InChI=1S/C26H25N7O4S/c1-36-24-18(4-3-10-29-24)22(34)23(17-9-13-28-14-17)37-21-6-2-5-19(30-21)32-26(35)33-20-15-38-25(31-20)16-7-11-27-12-8-16/h2-8,10-12,15,17,23,28H,9,13-14H2,1H3,(H2,30,32,33,35). The molecule has 4 aromatic heterocycles. The topological polar surface area (TPSA) is 140 Å². The van der Waals surface area contributed by atoms with Crippen LogP contribution >= 0.6 is 11.3 Å². The summed E-state index contributed by atoms with van der Waals surface area (Å²) in [4.78, 5) is 43.1. The smallest absolute Gasteiger partial charge is 0.326 e. The van der Waals surface area contributed by atoms with E-state index in [1.807, 2.05) is 12.1 Å². The van der Waals surface area contributed by atoms with Crippen molar-refractivity contribution >= 4 is 34.8 Å². The molecule has 0 saturated carbocycles. The molecule has 4 aromatic rings. The Hall–Kier alpha value is -4.42. The third-order valence-electron chi connectivity index (χ3n) is 5.90. The fraction of sp³-hybridized carbons (Fsp3) is 0.231. The molecule has 194 valence electrons. The van der Waals surface area contributed by atoms with Crippen molar-refractivity contribution in [2.24, 2.45) is 5.92 Å². The van der Waals surface area contributed by atoms with Crippen LogP contribution in [0.4, 0.5) is 16.4 Å². The van der Waals surface area contributed by atoms with Gasteiger partial charge in [-0.1, -0.05) is 6.07 Å². The summed E-state index contributed by atoms with van der Waals surface area (Å²) in [5, 5.41) is 11.2. The maximum absolute atomic E-state index is 13.5. The predicted octanol–water partition coefficient (Wildman–Crippen LogP) is 3.89. The molecule has 0 radical (unpaired) electrons. The number of ketones is 1. The Labute approximate surface area is 222 Å². The van der Waals surface area contributed by atoms with Crippen LogP contribution in [0, 0.1) is 5.92 Å². The first-order valence-electron chi connectivity index (χ1n) is 11.9. The number of urea groups is 1. The van der Waals surface area contributed by atoms with Crippen LogP contribution in [-0.4, -0.2) is 58.1 Å². The normalized spacial score (nSPS) is 15.4. The first-order chi connectivity index (χ1) is 18.6. The Morgan fingerprint density at radius 1 is 1.05 bits per heavy atom. The molecule has 11 nitrogen and oxygen atoms in total. The fourth-order valence-corrected chi connectivity index (χ4v) is 4.85. The number of hydrogen-bond donors (Lipinski definition) is 3. The number of amides is 2. The molecule has 12 heteroatoms. The van der Waals surface area contributed by atoms with E-state index in [9.17, 15) is 9.59 Å². The second kappa shape index (κ2) is 11.8. The molecule has 0 aromatic carbocycles. The number of Topliss-reactive ketones (excluding diaryl/α,β-unsaturated/α-hetero) is 1. The summed E-state index contributed by atoms with van der Waals surface area (Å²) in [5.74, 6) is 0.829. The number of aromatic nitrogens is 4. The van der Waals surface area contributed by atoms with Crippen molar-refractivity contribution in [2.45, 2.75) is 12.5 Å². The largest absolute Gasteiger partial charge is 0.480 e. The molecule has 2 amide bonds. The van der Waals surface area contributed by atoms with Crippen molar-refractivity contribution < 1.29 is 19.1 Å². The van der Waals surface area contributed by atoms with Crippen LogP contribution in [-0.2, 0) is 0 Å². The molecule has 38 heavy (non-hydrogen) atoms. The van der Waals surface area contributed by atoms with Crippen molar-refractivity contribution in [1.29, 1.82) is 0 Å². The summed E-state index contributed by atoms with van der Waals surface area (Å²) in [5.41, 5.74) is 1.25. The van der Waals surface area contributed by atoms with Crippen molar-refractivity contribution in [2.75, 3.05) is 30.8 Å². The maximum Gasteiger partial charge on any atom is 0.326 e. The number of anilines is 2. The van der Waals surface area contributed by atoms with Crippen LogP contribution < -0.4 is 25.4 Å². The van der Waals surface area contributed by atoms with Gasteiger partial charge >= 0.3 is 6.03 Å². The minimum atomic E-state index is -0.804. The van der Waals surface area contributed by atoms with Gasteiger partial charge in [-0.25, -0.2) is 14.8 Å². The van der Waals surface area contributed by atoms with E-state index in [1.54, 1.807) is 54.3 Å². The van der Waals surface area contributed by atoms with Gasteiger partial charge in [-0.2, -0.15) is 4.98 Å². The average molecular weight is 532 g/mol. The highest BCUT2D eigenvalue weighted by molar-refractivity contribution is 7.13. The first kappa shape index (κ1) is 25.2. The van der Waals surface area contributed by atoms with Crippen molar-refractivity contribution in [3.8, 4) is 22.3 Å². The lowest BCUT2D eigenvalue weighted by Crippen LogP contribution is -2.37. The van der Waals surface area contributed by atoms with Crippen molar-refractivity contribution in [1.82, 2.24) is 25.3 Å². The molecule has 3 N–H and O–H groups in total. The second-order valence-electron chi connectivity index (χ2n) is 8.43. The zero-order valence-corrected chi connectivity index (χ0v) is 21.3. The number of methoxy groups -OCH3 is 1. The number of nitrogens with one attached hydrogen (secondary N) is 3. The summed E-state index contributed by atoms with van der Waals surface area (Å²) < 4.78 is 11.4. The van der Waals surface area contributed by atoms with Gasteiger partial charge in [0.05, 0.1) is 12.7 Å². The molecular formula is C26H25N7O4S. The molecule has 0 spiro atoms. The predicted molar refractivity (Wildman–Crippen MR) is 143 cm³/mol. The lowest BCUT2D eigenvalue weighted by atomic mass is 9.94. The van der Waals surface area contributed by atoms with Gasteiger partial charge in [0.15, 0.2) is 6.10 Å². The third-order valence-corrected chi connectivity index (χ3v) is 6.79. The molecule has 0 aliphatic carbocycles. The minimum Gasteiger partial charge on any atom is -0.480 e. The Balaban J connectivity index is 1.28.